The number of hydrogen-bond acceptors (Lipinski definition) is 1. The van der Waals surface area contributed by atoms with Crippen LogP contribution in [0.2, 0.25) is 0 Å². The Kier molecular flexibility index (Phi) is 2.36. The van der Waals surface area contributed by atoms with Crippen molar-refractivity contribution in [1.82, 2.24) is 0 Å². The van der Waals surface area contributed by atoms with Gasteiger partial charge in [0, 0.05) is 0 Å². The molecule has 0 aliphatic heterocycles. The molecule has 0 radical (unpaired) electrons. The summed E-state index contributed by atoms with van der Waals surface area (Å²) >= 11 is 0. The molecule has 2 bridgehead atoms. The zero-order valence-electron chi connectivity index (χ0n) is 8.69. The normalized spacial score (nSPS) is 39.1. The Morgan fingerprint density at radius 2 is 2.21 bits per heavy atom. The van der Waals surface area contributed by atoms with Gasteiger partial charge < -0.3 is 5.11 Å². The lowest BCUT2D eigenvalue weighted by Crippen LogP contribution is -2.17. The average molecular weight is 190 g/mol. The van der Waals surface area contributed by atoms with Crippen molar-refractivity contribution in [2.45, 2.75) is 25.4 Å². The van der Waals surface area contributed by atoms with E-state index in [9.17, 15) is 5.11 Å². The third kappa shape index (κ3) is 1.83. The highest BCUT2D eigenvalue weighted by Gasteiger charge is 2.34. The number of allylic oxidation sites excluding steroid dienone is 3. The third-order valence-electron chi connectivity index (χ3n) is 3.42. The number of hydrogen-bond donors (Lipinski definition) is 1. The fourth-order valence-corrected chi connectivity index (χ4v) is 2.43. The molecule has 0 heterocycles. The van der Waals surface area contributed by atoms with E-state index < -0.39 is 5.60 Å². The molecule has 76 valence electrons. The minimum absolute atomic E-state index is 0.636. The van der Waals surface area contributed by atoms with Gasteiger partial charge in [-0.05, 0) is 37.5 Å². The van der Waals surface area contributed by atoms with Gasteiger partial charge in [0.1, 0.15) is 0 Å². The van der Waals surface area contributed by atoms with E-state index in [1.54, 1.807) is 13.0 Å². The van der Waals surface area contributed by atoms with Crippen LogP contribution < -0.4 is 0 Å². The van der Waals surface area contributed by atoms with E-state index in [1.165, 1.54) is 12.8 Å². The minimum Gasteiger partial charge on any atom is -0.382 e. The van der Waals surface area contributed by atoms with Gasteiger partial charge in [-0.25, -0.2) is 0 Å². The van der Waals surface area contributed by atoms with Gasteiger partial charge in [0.05, 0.1) is 5.60 Å². The van der Waals surface area contributed by atoms with Crippen LogP contribution in [-0.4, -0.2) is 10.7 Å². The zero-order chi connectivity index (χ0) is 10.2. The monoisotopic (exact) mass is 190 g/mol. The summed E-state index contributed by atoms with van der Waals surface area (Å²) in [6.07, 6.45) is 12.8. The highest BCUT2D eigenvalue weighted by molar-refractivity contribution is 5.17. The largest absolute Gasteiger partial charge is 0.382 e. The van der Waals surface area contributed by atoms with Crippen LogP contribution in [0, 0.1) is 17.8 Å². The highest BCUT2D eigenvalue weighted by Crippen LogP contribution is 2.44. The Morgan fingerprint density at radius 1 is 1.43 bits per heavy atom. The molecule has 4 unspecified atom stereocenters. The lowest BCUT2D eigenvalue weighted by Gasteiger charge is -2.17. The molecule has 2 aliphatic rings. The minimum atomic E-state index is -0.842. The second kappa shape index (κ2) is 3.39. The van der Waals surface area contributed by atoms with E-state index in [0.29, 0.717) is 5.92 Å². The Balaban J connectivity index is 1.99. The molecule has 0 amide bonds. The summed E-state index contributed by atoms with van der Waals surface area (Å²) in [6.45, 7) is 5.37. The summed E-state index contributed by atoms with van der Waals surface area (Å²) in [4.78, 5) is 0. The SMILES string of the molecule is C=CC(C)(O)C=CC1CC2C=CC1C2. The maximum atomic E-state index is 9.73. The quantitative estimate of drug-likeness (QED) is 0.678. The highest BCUT2D eigenvalue weighted by atomic mass is 16.3. The van der Waals surface area contributed by atoms with Crippen molar-refractivity contribution in [2.75, 3.05) is 0 Å². The molecule has 1 heteroatoms. The number of aliphatic hydroxyl groups is 1. The molecule has 2 aliphatic carbocycles. The van der Waals surface area contributed by atoms with E-state index in [2.05, 4.69) is 24.8 Å². The summed E-state index contributed by atoms with van der Waals surface area (Å²) in [5, 5.41) is 9.73. The molecule has 0 aromatic rings. The maximum Gasteiger partial charge on any atom is 0.0978 e. The van der Waals surface area contributed by atoms with Crippen LogP contribution in [0.3, 0.4) is 0 Å². The Hall–Kier alpha value is -0.820. The van der Waals surface area contributed by atoms with Gasteiger partial charge in [0.2, 0.25) is 0 Å². The second-order valence-corrected chi connectivity index (χ2v) is 4.73. The molecule has 0 spiro atoms. The van der Waals surface area contributed by atoms with Crippen molar-refractivity contribution in [3.8, 4) is 0 Å². The fourth-order valence-electron chi connectivity index (χ4n) is 2.43. The predicted molar refractivity (Wildman–Crippen MR) is 58.8 cm³/mol. The fraction of sp³-hybridized carbons (Fsp3) is 0.538. The van der Waals surface area contributed by atoms with Gasteiger partial charge in [-0.1, -0.05) is 37.0 Å². The van der Waals surface area contributed by atoms with Crippen molar-refractivity contribution in [3.63, 3.8) is 0 Å². The number of fused-ring (bicyclic) bond motifs is 2. The van der Waals surface area contributed by atoms with Gasteiger partial charge in [-0.15, -0.1) is 0 Å². The zero-order valence-corrected chi connectivity index (χ0v) is 8.69. The van der Waals surface area contributed by atoms with E-state index in [0.717, 1.165) is 11.8 Å². The van der Waals surface area contributed by atoms with Crippen LogP contribution >= 0.6 is 0 Å². The molecule has 14 heavy (non-hydrogen) atoms. The van der Waals surface area contributed by atoms with Gasteiger partial charge in [-0.2, -0.15) is 0 Å². The van der Waals surface area contributed by atoms with Crippen LogP contribution in [0.1, 0.15) is 19.8 Å². The lowest BCUT2D eigenvalue weighted by molar-refractivity contribution is 0.163. The summed E-state index contributed by atoms with van der Waals surface area (Å²) in [5.41, 5.74) is -0.842. The van der Waals surface area contributed by atoms with Crippen LogP contribution in [0.25, 0.3) is 0 Å². The van der Waals surface area contributed by atoms with Crippen molar-refractivity contribution in [1.29, 1.82) is 0 Å². The van der Waals surface area contributed by atoms with E-state index in [4.69, 9.17) is 0 Å². The first-order valence-electron chi connectivity index (χ1n) is 5.34. The molecular formula is C13H18O. The van der Waals surface area contributed by atoms with E-state index >= 15 is 0 Å². The lowest BCUT2D eigenvalue weighted by atomic mass is 9.91. The first-order valence-corrected chi connectivity index (χ1v) is 5.34. The molecular weight excluding hydrogens is 172 g/mol. The average Bonchev–Trinajstić information content (AvgIpc) is 2.76. The topological polar surface area (TPSA) is 20.2 Å². The Bertz CT molecular complexity index is 286. The molecule has 1 nitrogen and oxygen atoms in total. The van der Waals surface area contributed by atoms with Crippen molar-refractivity contribution in [2.24, 2.45) is 17.8 Å². The van der Waals surface area contributed by atoms with Gasteiger partial charge in [0.15, 0.2) is 0 Å². The van der Waals surface area contributed by atoms with Gasteiger partial charge in [-0.3, -0.25) is 0 Å². The summed E-state index contributed by atoms with van der Waals surface area (Å²) in [6, 6.07) is 0. The van der Waals surface area contributed by atoms with Crippen molar-refractivity contribution >= 4 is 0 Å². The van der Waals surface area contributed by atoms with Crippen LogP contribution in [-0.2, 0) is 0 Å². The first kappa shape index (κ1) is 9.72. The molecule has 0 saturated heterocycles. The summed E-state index contributed by atoms with van der Waals surface area (Å²) < 4.78 is 0. The molecule has 0 aromatic heterocycles. The Labute approximate surface area is 85.8 Å². The third-order valence-corrected chi connectivity index (χ3v) is 3.42. The van der Waals surface area contributed by atoms with Crippen LogP contribution in [0.5, 0.6) is 0 Å². The second-order valence-electron chi connectivity index (χ2n) is 4.73. The molecule has 1 fully saturated rings. The van der Waals surface area contributed by atoms with E-state index in [1.807, 2.05) is 6.08 Å². The van der Waals surface area contributed by atoms with Crippen molar-refractivity contribution in [3.05, 3.63) is 37.0 Å². The standard InChI is InChI=1S/C13H18O/c1-3-13(2,14)7-6-12-9-10-4-5-11(12)8-10/h3-7,10-12,14H,1,8-9H2,2H3. The van der Waals surface area contributed by atoms with E-state index in [-0.39, 0.29) is 0 Å². The molecule has 0 aromatic carbocycles. The smallest absolute Gasteiger partial charge is 0.0978 e. The number of rotatable bonds is 3. The van der Waals surface area contributed by atoms with Crippen molar-refractivity contribution < 1.29 is 5.11 Å². The maximum absolute atomic E-state index is 9.73. The Morgan fingerprint density at radius 3 is 2.71 bits per heavy atom. The molecule has 2 rings (SSSR count). The first-order chi connectivity index (χ1) is 6.61. The van der Waals surface area contributed by atoms with Crippen LogP contribution in [0.15, 0.2) is 37.0 Å². The van der Waals surface area contributed by atoms with Gasteiger partial charge >= 0.3 is 0 Å². The molecule has 1 N–H and O–H groups in total. The summed E-state index contributed by atoms with van der Waals surface area (Å²) in [7, 11) is 0. The van der Waals surface area contributed by atoms with Crippen LogP contribution in [0.4, 0.5) is 0 Å². The summed E-state index contributed by atoms with van der Waals surface area (Å²) in [5.74, 6) is 2.15. The predicted octanol–water partition coefficient (Wildman–Crippen LogP) is 2.69. The van der Waals surface area contributed by atoms with Gasteiger partial charge in [0.25, 0.3) is 0 Å². The molecule has 4 atom stereocenters. The molecule has 1 saturated carbocycles.